The number of halogens is 1. The van der Waals surface area contributed by atoms with Crippen molar-refractivity contribution in [3.8, 4) is 22.9 Å². The number of methoxy groups -OCH3 is 1. The Balaban J connectivity index is 1.45. The summed E-state index contributed by atoms with van der Waals surface area (Å²) in [6, 6.07) is 11.0. The first kappa shape index (κ1) is 26.1. The van der Waals surface area contributed by atoms with Gasteiger partial charge < -0.3 is 25.2 Å². The van der Waals surface area contributed by atoms with Gasteiger partial charge >= 0.3 is 0 Å². The molecule has 1 aliphatic heterocycles. The minimum atomic E-state index is -1.50. The molecule has 8 nitrogen and oxygen atoms in total. The maximum Gasteiger partial charge on any atom is 0.251 e. The summed E-state index contributed by atoms with van der Waals surface area (Å²) < 4.78 is 25.0. The Labute approximate surface area is 221 Å². The molecule has 1 aromatic carbocycles. The minimum absolute atomic E-state index is 0.0807. The van der Waals surface area contributed by atoms with Crippen LogP contribution >= 0.6 is 0 Å². The molecule has 3 N–H and O–H groups in total. The summed E-state index contributed by atoms with van der Waals surface area (Å²) in [5.41, 5.74) is 1.06. The largest absolute Gasteiger partial charge is 0.490 e. The number of amides is 1. The van der Waals surface area contributed by atoms with Crippen LogP contribution in [0.3, 0.4) is 0 Å². The zero-order valence-electron chi connectivity index (χ0n) is 21.9. The monoisotopic (exact) mass is 520 g/mol. The van der Waals surface area contributed by atoms with Gasteiger partial charge in [0.15, 0.2) is 0 Å². The summed E-state index contributed by atoms with van der Waals surface area (Å²) in [5.74, 6) is 0.985. The van der Waals surface area contributed by atoms with Crippen molar-refractivity contribution in [1.29, 1.82) is 0 Å². The number of hydrogen-bond donors (Lipinski definition) is 3. The Hall–Kier alpha value is -3.56. The van der Waals surface area contributed by atoms with Crippen LogP contribution in [-0.4, -0.2) is 54.3 Å². The molecule has 0 bridgehead atoms. The van der Waals surface area contributed by atoms with Crippen LogP contribution in [0.5, 0.6) is 11.6 Å². The molecule has 0 saturated heterocycles. The molecule has 1 saturated carbocycles. The van der Waals surface area contributed by atoms with Crippen LogP contribution in [0.2, 0.25) is 0 Å². The number of ether oxygens (including phenoxy) is 2. The van der Waals surface area contributed by atoms with Crippen molar-refractivity contribution >= 4 is 5.91 Å². The minimum Gasteiger partial charge on any atom is -0.490 e. The Morgan fingerprint density at radius 3 is 2.74 bits per heavy atom. The summed E-state index contributed by atoms with van der Waals surface area (Å²) in [6.45, 7) is 5.81. The first-order valence-electron chi connectivity index (χ1n) is 12.8. The highest BCUT2D eigenvalue weighted by atomic mass is 19.1. The highest BCUT2D eigenvalue weighted by Crippen LogP contribution is 2.45. The molecule has 2 atom stereocenters. The number of aliphatic hydroxyl groups is 1. The molecule has 3 heterocycles. The van der Waals surface area contributed by atoms with Gasteiger partial charge in [-0.3, -0.25) is 4.79 Å². The molecule has 1 fully saturated rings. The average molecular weight is 521 g/mol. The summed E-state index contributed by atoms with van der Waals surface area (Å²) in [7, 11) is 1.48. The molecular weight excluding hydrogens is 487 g/mol. The number of rotatable bonds is 10. The Morgan fingerprint density at radius 1 is 1.26 bits per heavy atom. The predicted molar refractivity (Wildman–Crippen MR) is 141 cm³/mol. The van der Waals surface area contributed by atoms with Crippen molar-refractivity contribution < 1.29 is 23.8 Å². The molecule has 3 aromatic rings. The third-order valence-corrected chi connectivity index (χ3v) is 7.27. The standard InChI is InChI=1S/C29H33FN4O4/c1-28(15-31-14-18-4-5-18)17-38-26-22(28)13-23(34-25(26)19-6-8-21(30)9-7-19)29(2,36)16-33-27(35)20-10-11-32-24(12-20)37-3/h6-13,18,31,36H,4-5,14-17H2,1-3H3,(H,33,35)/t28-,29-/m0/s1. The van der Waals surface area contributed by atoms with Gasteiger partial charge in [0.2, 0.25) is 5.88 Å². The number of carbonyl (C=O) groups excluding carboxylic acids is 1. The van der Waals surface area contributed by atoms with E-state index >= 15 is 0 Å². The van der Waals surface area contributed by atoms with Crippen molar-refractivity contribution in [3.05, 3.63) is 71.3 Å². The number of hydrogen-bond acceptors (Lipinski definition) is 7. The van der Waals surface area contributed by atoms with Gasteiger partial charge in [-0.2, -0.15) is 0 Å². The van der Waals surface area contributed by atoms with E-state index in [0.717, 1.165) is 18.0 Å². The smallest absolute Gasteiger partial charge is 0.251 e. The van der Waals surface area contributed by atoms with Crippen LogP contribution in [0.1, 0.15) is 48.3 Å². The van der Waals surface area contributed by atoms with Gasteiger partial charge in [-0.05, 0) is 68.6 Å². The van der Waals surface area contributed by atoms with Crippen LogP contribution in [0.4, 0.5) is 4.39 Å². The molecule has 0 unspecified atom stereocenters. The highest BCUT2D eigenvalue weighted by molar-refractivity contribution is 5.94. The van der Waals surface area contributed by atoms with Gasteiger partial charge in [-0.25, -0.2) is 14.4 Å². The number of nitrogens with one attached hydrogen (secondary N) is 2. The van der Waals surface area contributed by atoms with Gasteiger partial charge in [0.05, 0.1) is 26.0 Å². The number of pyridine rings is 2. The number of carbonyl (C=O) groups is 1. The van der Waals surface area contributed by atoms with E-state index in [9.17, 15) is 14.3 Å². The second-order valence-corrected chi connectivity index (χ2v) is 10.7. The third-order valence-electron chi connectivity index (χ3n) is 7.27. The van der Waals surface area contributed by atoms with Crippen LogP contribution in [0, 0.1) is 11.7 Å². The zero-order valence-corrected chi connectivity index (χ0v) is 21.9. The number of nitrogens with zero attached hydrogens (tertiary/aromatic N) is 2. The molecule has 200 valence electrons. The molecule has 2 aromatic heterocycles. The van der Waals surface area contributed by atoms with E-state index in [2.05, 4.69) is 22.5 Å². The van der Waals surface area contributed by atoms with Gasteiger partial charge in [0, 0.05) is 40.9 Å². The fourth-order valence-corrected chi connectivity index (χ4v) is 4.64. The number of fused-ring (bicyclic) bond motifs is 1. The third kappa shape index (κ3) is 5.49. The molecule has 0 spiro atoms. The van der Waals surface area contributed by atoms with E-state index in [1.807, 2.05) is 6.07 Å². The second-order valence-electron chi connectivity index (χ2n) is 10.7. The number of benzene rings is 1. The van der Waals surface area contributed by atoms with Gasteiger partial charge in [0.1, 0.15) is 22.9 Å². The van der Waals surface area contributed by atoms with Crippen LogP contribution in [0.15, 0.2) is 48.7 Å². The van der Waals surface area contributed by atoms with E-state index in [1.165, 1.54) is 44.3 Å². The van der Waals surface area contributed by atoms with Crippen molar-refractivity contribution in [1.82, 2.24) is 20.6 Å². The number of aromatic nitrogens is 2. The lowest BCUT2D eigenvalue weighted by atomic mass is 9.82. The normalized spacial score (nSPS) is 19.8. The maximum atomic E-state index is 13.7. The second kappa shape index (κ2) is 10.3. The first-order valence-corrected chi connectivity index (χ1v) is 12.8. The Bertz CT molecular complexity index is 1330. The lowest BCUT2D eigenvalue weighted by molar-refractivity contribution is 0.0489. The van der Waals surface area contributed by atoms with Crippen molar-refractivity contribution in [2.24, 2.45) is 5.92 Å². The van der Waals surface area contributed by atoms with Gasteiger partial charge in [-0.15, -0.1) is 0 Å². The lowest BCUT2D eigenvalue weighted by Gasteiger charge is -2.27. The molecule has 9 heteroatoms. The van der Waals surface area contributed by atoms with Gasteiger partial charge in [-0.1, -0.05) is 6.92 Å². The SMILES string of the molecule is COc1cc(C(=O)NC[C@](C)(O)c2cc3c(c(-c4ccc(F)cc4)n2)OC[C@]3(C)CNCC2CC2)ccn1. The van der Waals surface area contributed by atoms with Gasteiger partial charge in [0.25, 0.3) is 5.91 Å². The summed E-state index contributed by atoms with van der Waals surface area (Å²) >= 11 is 0. The van der Waals surface area contributed by atoms with E-state index in [4.69, 9.17) is 14.5 Å². The average Bonchev–Trinajstić information content (AvgIpc) is 3.69. The zero-order chi connectivity index (χ0) is 26.9. The van der Waals surface area contributed by atoms with Crippen LogP contribution in [-0.2, 0) is 11.0 Å². The van der Waals surface area contributed by atoms with Crippen LogP contribution < -0.4 is 20.1 Å². The van der Waals surface area contributed by atoms with Crippen LogP contribution in [0.25, 0.3) is 11.3 Å². The first-order chi connectivity index (χ1) is 18.2. The maximum absolute atomic E-state index is 13.7. The lowest BCUT2D eigenvalue weighted by Crippen LogP contribution is -2.40. The van der Waals surface area contributed by atoms with E-state index in [-0.39, 0.29) is 23.7 Å². The van der Waals surface area contributed by atoms with Crippen molar-refractivity contribution in [3.63, 3.8) is 0 Å². The molecule has 5 rings (SSSR count). The Morgan fingerprint density at radius 2 is 2.03 bits per heavy atom. The highest BCUT2D eigenvalue weighted by Gasteiger charge is 2.41. The van der Waals surface area contributed by atoms with Crippen molar-refractivity contribution in [2.75, 3.05) is 33.4 Å². The molecule has 2 aliphatic rings. The van der Waals surface area contributed by atoms with E-state index in [0.29, 0.717) is 47.3 Å². The fraction of sp³-hybridized carbons (Fsp3) is 0.414. The predicted octanol–water partition coefficient (Wildman–Crippen LogP) is 3.58. The van der Waals surface area contributed by atoms with E-state index < -0.39 is 5.60 Å². The summed E-state index contributed by atoms with van der Waals surface area (Å²) in [6.07, 6.45) is 4.02. The molecular formula is C29H33FN4O4. The van der Waals surface area contributed by atoms with E-state index in [1.54, 1.807) is 25.1 Å². The molecule has 0 radical (unpaired) electrons. The molecule has 1 amide bonds. The summed E-state index contributed by atoms with van der Waals surface area (Å²) in [4.78, 5) is 21.6. The quantitative estimate of drug-likeness (QED) is 0.375. The van der Waals surface area contributed by atoms with Crippen molar-refractivity contribution in [2.45, 2.75) is 37.7 Å². The molecule has 38 heavy (non-hydrogen) atoms. The topological polar surface area (TPSA) is 106 Å². The Kier molecular flexibility index (Phi) is 7.07. The summed E-state index contributed by atoms with van der Waals surface area (Å²) in [5, 5.41) is 17.9. The fourth-order valence-electron chi connectivity index (χ4n) is 4.64. The molecule has 1 aliphatic carbocycles.